The molecule has 17 nitrogen and oxygen atoms in total. The maximum atomic E-state index is 15.1. The van der Waals surface area contributed by atoms with Gasteiger partial charge in [-0.05, 0) is 123 Å². The lowest BCUT2D eigenvalue weighted by Crippen LogP contribution is -2.46. The Morgan fingerprint density at radius 3 is 1.18 bits per heavy atom. The SMILES string of the molecule is COC(C(=O)O)C(=O)Nc1c(I)c(C(=O)N(CC2COC(C)(C)O2)CC2COC(C)(C)O2)c(I)c(C(=O)N(CC2COC(C)(C)O2)CC2COC(C)(C)O2)c1I. The molecule has 1 aromatic rings. The van der Waals surface area contributed by atoms with E-state index in [2.05, 4.69) is 5.32 Å². The Morgan fingerprint density at radius 1 is 0.643 bits per heavy atom. The molecule has 5 unspecified atom stereocenters. The number of carbonyl (C=O) groups is 4. The summed E-state index contributed by atoms with van der Waals surface area (Å²) >= 11 is 5.88. The first-order valence-corrected chi connectivity index (χ1v) is 21.3. The number of rotatable bonds is 14. The number of halogens is 3. The average molecular weight is 1130 g/mol. The molecule has 1 aromatic carbocycles. The number of benzene rings is 1. The quantitative estimate of drug-likeness (QED) is 0.201. The van der Waals surface area contributed by atoms with Crippen LogP contribution in [0, 0.1) is 10.7 Å². The van der Waals surface area contributed by atoms with Crippen molar-refractivity contribution in [2.24, 2.45) is 0 Å². The Bertz CT molecular complexity index is 1540. The van der Waals surface area contributed by atoms with Crippen LogP contribution in [-0.4, -0.2) is 152 Å². The van der Waals surface area contributed by atoms with Crippen LogP contribution < -0.4 is 5.32 Å². The lowest BCUT2D eigenvalue weighted by atomic mass is 10.0. The van der Waals surface area contributed by atoms with E-state index in [0.717, 1.165) is 7.11 Å². The first kappa shape index (κ1) is 46.0. The van der Waals surface area contributed by atoms with Crippen LogP contribution in [0.2, 0.25) is 0 Å². The van der Waals surface area contributed by atoms with Crippen molar-refractivity contribution < 1.29 is 66.9 Å². The van der Waals surface area contributed by atoms with E-state index >= 15 is 9.59 Å². The van der Waals surface area contributed by atoms with E-state index in [-0.39, 0.29) is 76.6 Å². The van der Waals surface area contributed by atoms with Gasteiger partial charge < -0.3 is 62.9 Å². The summed E-state index contributed by atoms with van der Waals surface area (Å²) in [6.07, 6.45) is -3.84. The molecular formula is C36H50I3N3O14. The molecule has 4 saturated heterocycles. The lowest BCUT2D eigenvalue weighted by molar-refractivity contribution is -0.153. The van der Waals surface area contributed by atoms with Crippen LogP contribution in [0.4, 0.5) is 5.69 Å². The van der Waals surface area contributed by atoms with E-state index in [0.29, 0.717) is 3.57 Å². The Labute approximate surface area is 367 Å². The third-order valence-corrected chi connectivity index (χ3v) is 12.5. The number of carboxylic acid groups (broad SMARTS) is 1. The predicted molar refractivity (Wildman–Crippen MR) is 223 cm³/mol. The smallest absolute Gasteiger partial charge is 0.342 e. The van der Waals surface area contributed by atoms with Crippen molar-refractivity contribution in [1.29, 1.82) is 0 Å². The van der Waals surface area contributed by atoms with Crippen LogP contribution >= 0.6 is 67.8 Å². The second-order valence-corrected chi connectivity index (χ2v) is 19.0. The summed E-state index contributed by atoms with van der Waals surface area (Å²) in [5, 5.41) is 12.4. The molecule has 56 heavy (non-hydrogen) atoms. The molecule has 4 aliphatic heterocycles. The monoisotopic (exact) mass is 1130 g/mol. The van der Waals surface area contributed by atoms with Gasteiger partial charge in [0, 0.05) is 36.9 Å². The zero-order valence-electron chi connectivity index (χ0n) is 32.8. The Morgan fingerprint density at radius 2 is 0.946 bits per heavy atom. The van der Waals surface area contributed by atoms with Crippen LogP contribution in [0.5, 0.6) is 0 Å². The number of carboxylic acids is 1. The van der Waals surface area contributed by atoms with Gasteiger partial charge in [-0.15, -0.1) is 0 Å². The van der Waals surface area contributed by atoms with E-state index in [1.54, 1.807) is 65.2 Å². The Kier molecular flexibility index (Phi) is 14.7. The van der Waals surface area contributed by atoms with E-state index in [4.69, 9.17) is 42.6 Å². The Balaban J connectivity index is 1.61. The van der Waals surface area contributed by atoms with E-state index in [1.807, 2.05) is 67.8 Å². The third-order valence-electron chi connectivity index (χ3n) is 9.23. The first-order valence-electron chi connectivity index (χ1n) is 18.0. The zero-order chi connectivity index (χ0) is 41.5. The summed E-state index contributed by atoms with van der Waals surface area (Å²) in [7, 11) is 1.10. The highest BCUT2D eigenvalue weighted by atomic mass is 127. The largest absolute Gasteiger partial charge is 0.479 e. The van der Waals surface area contributed by atoms with Gasteiger partial charge in [-0.1, -0.05) is 0 Å². The molecule has 314 valence electrons. The molecule has 3 amide bonds. The summed E-state index contributed by atoms with van der Waals surface area (Å²) < 4.78 is 53.6. The van der Waals surface area contributed by atoms with Crippen molar-refractivity contribution in [3.05, 3.63) is 21.8 Å². The third kappa shape index (κ3) is 11.2. The van der Waals surface area contributed by atoms with E-state index < -0.39 is 77.4 Å². The highest BCUT2D eigenvalue weighted by Crippen LogP contribution is 2.39. The van der Waals surface area contributed by atoms with Crippen LogP contribution in [0.1, 0.15) is 76.1 Å². The van der Waals surface area contributed by atoms with Gasteiger partial charge in [-0.25, -0.2) is 4.79 Å². The minimum Gasteiger partial charge on any atom is -0.479 e. The summed E-state index contributed by atoms with van der Waals surface area (Å²) in [5.74, 6) is -6.96. The number of ether oxygens (including phenoxy) is 9. The number of nitrogens with one attached hydrogen (secondary N) is 1. The van der Waals surface area contributed by atoms with Gasteiger partial charge in [0.2, 0.25) is 6.10 Å². The molecule has 0 bridgehead atoms. The van der Waals surface area contributed by atoms with Crippen molar-refractivity contribution in [2.45, 2.75) is 109 Å². The van der Waals surface area contributed by atoms with Gasteiger partial charge in [0.25, 0.3) is 17.7 Å². The first-order chi connectivity index (χ1) is 25.9. The maximum Gasteiger partial charge on any atom is 0.342 e. The van der Waals surface area contributed by atoms with E-state index in [9.17, 15) is 14.7 Å². The molecule has 4 aliphatic rings. The fourth-order valence-corrected chi connectivity index (χ4v) is 11.2. The number of amides is 3. The van der Waals surface area contributed by atoms with Crippen molar-refractivity contribution >= 4 is 97.2 Å². The molecule has 5 atom stereocenters. The van der Waals surface area contributed by atoms with Gasteiger partial charge >= 0.3 is 5.97 Å². The minimum atomic E-state index is -1.87. The molecular weight excluding hydrogens is 1080 g/mol. The van der Waals surface area contributed by atoms with E-state index in [1.165, 1.54) is 0 Å². The fraction of sp³-hybridized carbons (Fsp3) is 0.722. The summed E-state index contributed by atoms with van der Waals surface area (Å²) in [4.78, 5) is 58.7. The summed E-state index contributed by atoms with van der Waals surface area (Å²) in [6.45, 7) is 15.6. The van der Waals surface area contributed by atoms with Crippen LogP contribution in [0.3, 0.4) is 0 Å². The topological polar surface area (TPSA) is 190 Å². The fourth-order valence-electron chi connectivity index (χ4n) is 6.85. The van der Waals surface area contributed by atoms with Gasteiger partial charge in [-0.3, -0.25) is 14.4 Å². The normalized spacial score (nSPS) is 26.6. The number of nitrogens with zero attached hydrogens (tertiary/aromatic N) is 2. The molecule has 0 aromatic heterocycles. The molecule has 0 saturated carbocycles. The number of hydrogen-bond donors (Lipinski definition) is 2. The maximum absolute atomic E-state index is 15.1. The average Bonchev–Trinajstić information content (AvgIpc) is 3.82. The summed E-state index contributed by atoms with van der Waals surface area (Å²) in [5.41, 5.74) is 0.279. The van der Waals surface area contributed by atoms with Gasteiger partial charge in [0.1, 0.15) is 24.4 Å². The molecule has 2 N–H and O–H groups in total. The highest BCUT2D eigenvalue weighted by Gasteiger charge is 2.43. The number of methoxy groups -OCH3 is 1. The number of anilines is 1. The minimum absolute atomic E-state index is 0.0675. The van der Waals surface area contributed by atoms with Gasteiger partial charge in [0.05, 0.1) is 50.4 Å². The molecule has 4 heterocycles. The van der Waals surface area contributed by atoms with Gasteiger partial charge in [-0.2, -0.15) is 0 Å². The molecule has 5 rings (SSSR count). The molecule has 0 radical (unpaired) electrons. The van der Waals surface area contributed by atoms with Crippen LogP contribution in [0.15, 0.2) is 0 Å². The standard InChI is InChI=1S/C36H50I3N3O14/c1-33(2)49-14-18(53-33)10-41(11-19-15-50-34(3,4)54-19)30(44)22-24(37)23(26(39)27(25(22)38)40-29(43)28(48-9)32(46)47)31(45)42(12-20-16-51-35(5,6)55-20)13-21-17-52-36(7,8)56-21/h18-21,28H,10-17H2,1-9H3,(H,40,43)(H,46,47). The predicted octanol–water partition coefficient (Wildman–Crippen LogP) is 4.03. The van der Waals surface area contributed by atoms with Crippen LogP contribution in [-0.2, 0) is 52.2 Å². The Hall–Kier alpha value is -1.07. The molecule has 4 fully saturated rings. The second kappa shape index (κ2) is 17.9. The van der Waals surface area contributed by atoms with Gasteiger partial charge in [0.15, 0.2) is 23.1 Å². The zero-order valence-corrected chi connectivity index (χ0v) is 39.3. The van der Waals surface area contributed by atoms with Crippen molar-refractivity contribution in [3.63, 3.8) is 0 Å². The van der Waals surface area contributed by atoms with Crippen molar-refractivity contribution in [1.82, 2.24) is 9.80 Å². The van der Waals surface area contributed by atoms with Crippen LogP contribution in [0.25, 0.3) is 0 Å². The molecule has 0 spiro atoms. The number of carbonyl (C=O) groups excluding carboxylic acids is 3. The second-order valence-electron chi connectivity index (χ2n) is 15.7. The molecule has 20 heteroatoms. The molecule has 0 aliphatic carbocycles. The van der Waals surface area contributed by atoms with Crippen molar-refractivity contribution in [3.8, 4) is 0 Å². The summed E-state index contributed by atoms with van der Waals surface area (Å²) in [6, 6.07) is 0. The number of aliphatic carboxylic acids is 1. The number of hydrogen-bond acceptors (Lipinski definition) is 13. The van der Waals surface area contributed by atoms with Crippen molar-refractivity contribution in [2.75, 3.05) is 65.0 Å². The lowest BCUT2D eigenvalue weighted by Gasteiger charge is -2.31. The highest BCUT2D eigenvalue weighted by molar-refractivity contribution is 14.1.